The molecule has 2 amide bonds. The number of amides is 2. The van der Waals surface area contributed by atoms with Crippen molar-refractivity contribution >= 4 is 29.1 Å². The summed E-state index contributed by atoms with van der Waals surface area (Å²) in [6.07, 6.45) is 7.40. The largest absolute Gasteiger partial charge is 0.327 e. The Balaban J connectivity index is 1.51. The maximum atomic E-state index is 12.9. The highest BCUT2D eigenvalue weighted by Gasteiger charge is 2.41. The van der Waals surface area contributed by atoms with Gasteiger partial charge in [0, 0.05) is 19.2 Å². The quantitative estimate of drug-likeness (QED) is 0.668. The number of hydrogen-bond donors (Lipinski definition) is 1. The standard InChI is InChI=1S/C23H28ClN5O2/c1-3-27(2)12-6-9-22(30)29-15-21-25-13-19(28(21)14-20(29)16-10-11-16)23(31)26-18-8-5-4-7-17(18)24/h4-9,13,16,20H,3,10-12,14-15H2,1-2H3,(H,26,31)/b9-6+/t20-/m0/s1. The maximum Gasteiger partial charge on any atom is 0.273 e. The first-order valence-electron chi connectivity index (χ1n) is 10.7. The third kappa shape index (κ3) is 4.83. The first kappa shape index (κ1) is 21.6. The number of imidazole rings is 1. The molecule has 0 unspecified atom stereocenters. The van der Waals surface area contributed by atoms with E-state index < -0.39 is 0 Å². The van der Waals surface area contributed by atoms with Crippen LogP contribution in [0.25, 0.3) is 0 Å². The Morgan fingerprint density at radius 1 is 1.32 bits per heavy atom. The van der Waals surface area contributed by atoms with Gasteiger partial charge in [-0.2, -0.15) is 0 Å². The van der Waals surface area contributed by atoms with Crippen molar-refractivity contribution in [1.82, 2.24) is 19.4 Å². The predicted octanol–water partition coefficient (Wildman–Crippen LogP) is 3.42. The van der Waals surface area contributed by atoms with Gasteiger partial charge in [-0.15, -0.1) is 0 Å². The molecular weight excluding hydrogens is 414 g/mol. The van der Waals surface area contributed by atoms with Gasteiger partial charge in [0.2, 0.25) is 5.91 Å². The minimum Gasteiger partial charge on any atom is -0.327 e. The van der Waals surface area contributed by atoms with Crippen molar-refractivity contribution in [2.75, 3.05) is 25.5 Å². The zero-order valence-electron chi connectivity index (χ0n) is 17.9. The molecule has 1 aromatic carbocycles. The second-order valence-electron chi connectivity index (χ2n) is 8.23. The van der Waals surface area contributed by atoms with E-state index in [4.69, 9.17) is 11.6 Å². The number of para-hydroxylation sites is 1. The van der Waals surface area contributed by atoms with Crippen LogP contribution in [0.1, 0.15) is 36.1 Å². The molecule has 1 aliphatic carbocycles. The van der Waals surface area contributed by atoms with Crippen molar-refractivity contribution in [3.05, 3.63) is 59.2 Å². The molecule has 8 heteroatoms. The molecule has 0 radical (unpaired) electrons. The first-order valence-corrected chi connectivity index (χ1v) is 11.1. The molecule has 2 aliphatic rings. The lowest BCUT2D eigenvalue weighted by molar-refractivity contribution is -0.130. The highest BCUT2D eigenvalue weighted by molar-refractivity contribution is 6.33. The number of carbonyl (C=O) groups is 2. The van der Waals surface area contributed by atoms with E-state index >= 15 is 0 Å². The minimum absolute atomic E-state index is 0.0118. The van der Waals surface area contributed by atoms with Crippen LogP contribution in [0.4, 0.5) is 5.69 Å². The number of nitrogens with one attached hydrogen (secondary N) is 1. The summed E-state index contributed by atoms with van der Waals surface area (Å²) < 4.78 is 1.95. The third-order valence-electron chi connectivity index (χ3n) is 6.04. The summed E-state index contributed by atoms with van der Waals surface area (Å²) in [6.45, 7) is 4.75. The summed E-state index contributed by atoms with van der Waals surface area (Å²) >= 11 is 6.18. The summed E-state index contributed by atoms with van der Waals surface area (Å²) in [7, 11) is 2.02. The van der Waals surface area contributed by atoms with Gasteiger partial charge in [0.1, 0.15) is 11.5 Å². The number of benzene rings is 1. The maximum absolute atomic E-state index is 12.9. The number of rotatable bonds is 7. The molecule has 4 rings (SSSR count). The summed E-state index contributed by atoms with van der Waals surface area (Å²) in [6, 6.07) is 7.23. The van der Waals surface area contributed by atoms with Gasteiger partial charge in [0.05, 0.1) is 29.5 Å². The van der Waals surface area contributed by atoms with Crippen molar-refractivity contribution in [2.45, 2.75) is 38.9 Å². The average Bonchev–Trinajstić information content (AvgIpc) is 3.53. The van der Waals surface area contributed by atoms with Gasteiger partial charge in [-0.3, -0.25) is 9.59 Å². The summed E-state index contributed by atoms with van der Waals surface area (Å²) in [5.74, 6) is 0.973. The van der Waals surface area contributed by atoms with E-state index in [1.165, 1.54) is 0 Å². The van der Waals surface area contributed by atoms with E-state index in [0.29, 0.717) is 35.4 Å². The number of aromatic nitrogens is 2. The molecule has 0 spiro atoms. The second-order valence-corrected chi connectivity index (χ2v) is 8.64. The topological polar surface area (TPSA) is 70.5 Å². The normalized spacial score (nSPS) is 18.5. The van der Waals surface area contributed by atoms with Crippen molar-refractivity contribution in [1.29, 1.82) is 0 Å². The van der Waals surface area contributed by atoms with E-state index in [9.17, 15) is 9.59 Å². The summed E-state index contributed by atoms with van der Waals surface area (Å²) in [4.78, 5) is 34.3. The SMILES string of the molecule is CCN(C)C/C=C/C(=O)N1Cc2ncc(C(=O)Nc3ccccc3Cl)n2C[C@H]1C1CC1. The Morgan fingerprint density at radius 3 is 2.81 bits per heavy atom. The van der Waals surface area contributed by atoms with Crippen LogP contribution in [-0.2, 0) is 17.9 Å². The van der Waals surface area contributed by atoms with Crippen molar-refractivity contribution in [3.63, 3.8) is 0 Å². The van der Waals surface area contributed by atoms with Gasteiger partial charge in [-0.05, 0) is 44.5 Å². The van der Waals surface area contributed by atoms with Crippen LogP contribution in [-0.4, -0.2) is 57.3 Å². The van der Waals surface area contributed by atoms with Gasteiger partial charge in [0.15, 0.2) is 0 Å². The van der Waals surface area contributed by atoms with Crippen LogP contribution in [0.5, 0.6) is 0 Å². The molecule has 0 saturated heterocycles. The molecule has 1 N–H and O–H groups in total. The molecule has 1 fully saturated rings. The fraction of sp³-hybridized carbons (Fsp3) is 0.435. The van der Waals surface area contributed by atoms with Gasteiger partial charge in [0.25, 0.3) is 5.91 Å². The molecule has 2 aromatic rings. The van der Waals surface area contributed by atoms with Crippen LogP contribution in [0, 0.1) is 5.92 Å². The van der Waals surface area contributed by atoms with Gasteiger partial charge < -0.3 is 19.7 Å². The molecule has 31 heavy (non-hydrogen) atoms. The highest BCUT2D eigenvalue weighted by atomic mass is 35.5. The summed E-state index contributed by atoms with van der Waals surface area (Å²) in [5.41, 5.74) is 1.06. The van der Waals surface area contributed by atoms with Crippen molar-refractivity contribution in [2.24, 2.45) is 5.92 Å². The monoisotopic (exact) mass is 441 g/mol. The van der Waals surface area contributed by atoms with Crippen LogP contribution >= 0.6 is 11.6 Å². The third-order valence-corrected chi connectivity index (χ3v) is 6.37. The van der Waals surface area contributed by atoms with E-state index in [0.717, 1.165) is 31.8 Å². The van der Waals surface area contributed by atoms with Crippen LogP contribution < -0.4 is 5.32 Å². The molecule has 0 bridgehead atoms. The van der Waals surface area contributed by atoms with Crippen LogP contribution in [0.3, 0.4) is 0 Å². The molecular formula is C23H28ClN5O2. The smallest absolute Gasteiger partial charge is 0.273 e. The van der Waals surface area contributed by atoms with E-state index in [1.54, 1.807) is 24.4 Å². The lowest BCUT2D eigenvalue weighted by Gasteiger charge is -2.36. The Morgan fingerprint density at radius 2 is 2.10 bits per heavy atom. The minimum atomic E-state index is -0.247. The molecule has 1 atom stereocenters. The molecule has 1 saturated carbocycles. The predicted molar refractivity (Wildman–Crippen MR) is 121 cm³/mol. The van der Waals surface area contributed by atoms with Gasteiger partial charge >= 0.3 is 0 Å². The number of anilines is 1. The highest BCUT2D eigenvalue weighted by Crippen LogP contribution is 2.39. The Kier molecular flexibility index (Phi) is 6.43. The number of fused-ring (bicyclic) bond motifs is 1. The summed E-state index contributed by atoms with van der Waals surface area (Å²) in [5, 5.41) is 3.36. The number of likely N-dealkylation sites (N-methyl/N-ethyl adjacent to an activating group) is 1. The fourth-order valence-corrected chi connectivity index (χ4v) is 4.10. The zero-order chi connectivity index (χ0) is 22.0. The van der Waals surface area contributed by atoms with Crippen LogP contribution in [0.15, 0.2) is 42.6 Å². The molecule has 1 aromatic heterocycles. The van der Waals surface area contributed by atoms with Crippen molar-refractivity contribution < 1.29 is 9.59 Å². The van der Waals surface area contributed by atoms with E-state index in [2.05, 4.69) is 22.1 Å². The lowest BCUT2D eigenvalue weighted by Crippen LogP contribution is -2.47. The average molecular weight is 442 g/mol. The Bertz CT molecular complexity index is 998. The molecule has 7 nitrogen and oxygen atoms in total. The second kappa shape index (κ2) is 9.24. The Labute approximate surface area is 187 Å². The number of halogens is 1. The number of carbonyl (C=O) groups excluding carboxylic acids is 2. The molecule has 2 heterocycles. The Hall–Kier alpha value is -2.64. The van der Waals surface area contributed by atoms with Crippen molar-refractivity contribution in [3.8, 4) is 0 Å². The van der Waals surface area contributed by atoms with Crippen LogP contribution in [0.2, 0.25) is 5.02 Å². The molecule has 164 valence electrons. The van der Waals surface area contributed by atoms with Gasteiger partial charge in [-0.25, -0.2) is 4.98 Å². The first-order chi connectivity index (χ1) is 15.0. The lowest BCUT2D eigenvalue weighted by atomic mass is 10.1. The van der Waals surface area contributed by atoms with E-state index in [-0.39, 0.29) is 17.9 Å². The molecule has 1 aliphatic heterocycles. The number of nitrogens with zero attached hydrogens (tertiary/aromatic N) is 4. The van der Waals surface area contributed by atoms with Gasteiger partial charge in [-0.1, -0.05) is 36.7 Å². The zero-order valence-corrected chi connectivity index (χ0v) is 18.7. The number of hydrogen-bond acceptors (Lipinski definition) is 4. The van der Waals surface area contributed by atoms with E-state index in [1.807, 2.05) is 34.7 Å². The fourth-order valence-electron chi connectivity index (χ4n) is 3.91.